The van der Waals surface area contributed by atoms with Gasteiger partial charge < -0.3 is 4.42 Å². The summed E-state index contributed by atoms with van der Waals surface area (Å²) in [6.45, 7) is 1.79. The number of hydrogen-bond acceptors (Lipinski definition) is 7. The summed E-state index contributed by atoms with van der Waals surface area (Å²) in [5.41, 5.74) is 3.54. The third-order valence-corrected chi connectivity index (χ3v) is 9.34. The first-order valence-electron chi connectivity index (χ1n) is 12.1. The van der Waals surface area contributed by atoms with E-state index in [0.29, 0.717) is 39.7 Å². The summed E-state index contributed by atoms with van der Waals surface area (Å²) in [6.07, 6.45) is 7.94. The Labute approximate surface area is 217 Å². The first-order valence-corrected chi connectivity index (χ1v) is 13.4. The van der Waals surface area contributed by atoms with E-state index in [-0.39, 0.29) is 21.3 Å². The van der Waals surface area contributed by atoms with Gasteiger partial charge in [-0.15, -0.1) is 0 Å². The molecular formula is C26H25N3O5S2. The minimum atomic E-state index is -0.442. The lowest BCUT2D eigenvalue weighted by Gasteiger charge is -2.55. The molecule has 1 aromatic carbocycles. The van der Waals surface area contributed by atoms with Gasteiger partial charge in [-0.2, -0.15) is 5.01 Å². The molecule has 2 aromatic rings. The average Bonchev–Trinajstić information content (AvgIpc) is 3.38. The quantitative estimate of drug-likeness (QED) is 0.235. The molecule has 8 nitrogen and oxygen atoms in total. The van der Waals surface area contributed by atoms with Crippen LogP contribution in [0.15, 0.2) is 39.7 Å². The average molecular weight is 524 g/mol. The molecule has 2 amide bonds. The molecule has 0 spiro atoms. The van der Waals surface area contributed by atoms with Gasteiger partial charge in [-0.3, -0.25) is 25.1 Å². The molecule has 36 heavy (non-hydrogen) atoms. The fourth-order valence-electron chi connectivity index (χ4n) is 6.88. The number of nitro groups is 1. The van der Waals surface area contributed by atoms with Crippen LogP contribution in [0.25, 0.3) is 17.4 Å². The van der Waals surface area contributed by atoms with Crippen LogP contribution in [0, 0.1) is 40.2 Å². The highest BCUT2D eigenvalue weighted by atomic mass is 32.2. The van der Waals surface area contributed by atoms with Gasteiger partial charge >= 0.3 is 0 Å². The van der Waals surface area contributed by atoms with Crippen molar-refractivity contribution in [1.29, 1.82) is 0 Å². The number of nitrogens with zero attached hydrogens (tertiary/aromatic N) is 2. The monoisotopic (exact) mass is 523 g/mol. The maximum absolute atomic E-state index is 13.4. The Bertz CT molecular complexity index is 1310. The van der Waals surface area contributed by atoms with Crippen LogP contribution >= 0.6 is 24.0 Å². The molecule has 1 aliphatic heterocycles. The molecule has 10 heteroatoms. The number of thiocarbonyl (C=S) groups is 1. The van der Waals surface area contributed by atoms with Crippen LogP contribution in [0.5, 0.6) is 0 Å². The van der Waals surface area contributed by atoms with E-state index in [1.165, 1.54) is 30.3 Å². The highest BCUT2D eigenvalue weighted by molar-refractivity contribution is 8.26. The predicted octanol–water partition coefficient (Wildman–Crippen LogP) is 5.61. The van der Waals surface area contributed by atoms with Gasteiger partial charge in [-0.25, -0.2) is 0 Å². The zero-order valence-electron chi connectivity index (χ0n) is 19.7. The molecule has 0 atom stereocenters. The number of furan rings is 1. The number of carbonyl (C=O) groups excluding carboxylic acids is 2. The largest absolute Gasteiger partial charge is 0.456 e. The molecule has 1 N–H and O–H groups in total. The Kier molecular flexibility index (Phi) is 5.56. The lowest BCUT2D eigenvalue weighted by atomic mass is 9.49. The number of hydrazine groups is 1. The topological polar surface area (TPSA) is 106 Å². The summed E-state index contributed by atoms with van der Waals surface area (Å²) in [5, 5.41) is 12.7. The van der Waals surface area contributed by atoms with E-state index in [4.69, 9.17) is 16.6 Å². The molecule has 4 bridgehead atoms. The SMILES string of the molecule is Cc1ccc(-c2ccc(/C=C3/SC(=S)N(NC(=O)C45CC6CC(CC(C6)C4)C5)C3=O)o2)c([N+](=O)[O-])c1. The van der Waals surface area contributed by atoms with Crippen LogP contribution in [0.4, 0.5) is 5.69 Å². The van der Waals surface area contributed by atoms with Gasteiger partial charge in [0.05, 0.1) is 20.8 Å². The summed E-state index contributed by atoms with van der Waals surface area (Å²) < 4.78 is 6.10. The molecule has 7 rings (SSSR count). The van der Waals surface area contributed by atoms with E-state index >= 15 is 0 Å². The van der Waals surface area contributed by atoms with E-state index in [1.807, 2.05) is 0 Å². The second kappa shape index (κ2) is 8.55. The van der Waals surface area contributed by atoms with E-state index in [1.54, 1.807) is 37.3 Å². The van der Waals surface area contributed by atoms with Crippen molar-refractivity contribution in [1.82, 2.24) is 10.4 Å². The van der Waals surface area contributed by atoms with Crippen molar-refractivity contribution >= 4 is 51.9 Å². The number of carbonyl (C=O) groups is 2. The number of benzene rings is 1. The van der Waals surface area contributed by atoms with Gasteiger partial charge in [-0.1, -0.05) is 17.8 Å². The molecule has 4 aliphatic carbocycles. The molecule has 5 fully saturated rings. The molecule has 5 aliphatic rings. The first-order chi connectivity index (χ1) is 17.2. The molecule has 0 radical (unpaired) electrons. The summed E-state index contributed by atoms with van der Waals surface area (Å²) in [7, 11) is 0. The van der Waals surface area contributed by atoms with Crippen molar-refractivity contribution in [3.05, 3.63) is 56.7 Å². The van der Waals surface area contributed by atoms with Crippen LogP contribution in [0.3, 0.4) is 0 Å². The summed E-state index contributed by atoms with van der Waals surface area (Å²) in [5.74, 6) is 2.06. The van der Waals surface area contributed by atoms with Gasteiger partial charge in [0.2, 0.25) is 5.91 Å². The van der Waals surface area contributed by atoms with Gasteiger partial charge in [0.1, 0.15) is 11.5 Å². The zero-order chi connectivity index (χ0) is 25.2. The number of rotatable bonds is 5. The van der Waals surface area contributed by atoms with Crippen LogP contribution in [0.1, 0.15) is 49.8 Å². The summed E-state index contributed by atoms with van der Waals surface area (Å²) in [6, 6.07) is 8.21. The Hall–Kier alpha value is -2.98. The van der Waals surface area contributed by atoms with Crippen molar-refractivity contribution in [2.24, 2.45) is 23.2 Å². The summed E-state index contributed by atoms with van der Waals surface area (Å²) >= 11 is 6.52. The number of aryl methyl sites for hydroxylation is 1. The van der Waals surface area contributed by atoms with Gasteiger partial charge in [0, 0.05) is 12.1 Å². The standard InChI is InChI=1S/C26H25N3O5S2/c1-14-2-4-19(20(6-14)29(32)33)21-5-3-18(34-21)10-22-23(30)28(25(35)36-22)27-24(31)26-11-15-7-16(12-26)9-17(8-15)13-26/h2-6,10,15-17H,7-9,11-13H2,1H3,(H,27,31)/b22-10+. The minimum absolute atomic E-state index is 0.0467. The Morgan fingerprint density at radius 2 is 1.86 bits per heavy atom. The second-order valence-electron chi connectivity index (χ2n) is 10.6. The maximum atomic E-state index is 13.4. The van der Waals surface area contributed by atoms with E-state index in [9.17, 15) is 19.7 Å². The second-order valence-corrected chi connectivity index (χ2v) is 12.3. The fraction of sp³-hybridized carbons (Fsp3) is 0.423. The van der Waals surface area contributed by atoms with Gasteiger partial charge in [0.25, 0.3) is 11.6 Å². The van der Waals surface area contributed by atoms with E-state index < -0.39 is 10.8 Å². The van der Waals surface area contributed by atoms with Crippen LogP contribution in [0.2, 0.25) is 0 Å². The Morgan fingerprint density at radius 3 is 2.50 bits per heavy atom. The molecule has 1 saturated heterocycles. The third kappa shape index (κ3) is 3.96. The van der Waals surface area contributed by atoms with Gasteiger partial charge in [-0.05, 0) is 99.2 Å². The molecule has 4 saturated carbocycles. The normalized spacial score (nSPS) is 29.9. The molecule has 0 unspecified atom stereocenters. The Balaban J connectivity index is 1.20. The van der Waals surface area contributed by atoms with Crippen LogP contribution < -0.4 is 5.43 Å². The lowest BCUT2D eigenvalue weighted by molar-refractivity contribution is -0.384. The van der Waals surface area contributed by atoms with Crippen molar-refractivity contribution in [2.75, 3.05) is 0 Å². The molecule has 1 aromatic heterocycles. The lowest BCUT2D eigenvalue weighted by Crippen LogP contribution is -2.57. The van der Waals surface area contributed by atoms with Crippen molar-refractivity contribution in [2.45, 2.75) is 45.4 Å². The fourth-order valence-corrected chi connectivity index (χ4v) is 8.04. The highest BCUT2D eigenvalue weighted by Gasteiger charge is 2.55. The smallest absolute Gasteiger partial charge is 0.285 e. The first kappa shape index (κ1) is 23.4. The molecule has 186 valence electrons. The number of amides is 2. The van der Waals surface area contributed by atoms with E-state index in [0.717, 1.165) is 36.6 Å². The number of nitro benzene ring substituents is 1. The third-order valence-electron chi connectivity index (χ3n) is 8.04. The molecular weight excluding hydrogens is 498 g/mol. The van der Waals surface area contributed by atoms with Crippen LogP contribution in [-0.2, 0) is 9.59 Å². The number of hydrogen-bond donors (Lipinski definition) is 1. The predicted molar refractivity (Wildman–Crippen MR) is 139 cm³/mol. The number of nitrogens with one attached hydrogen (secondary N) is 1. The van der Waals surface area contributed by atoms with E-state index in [2.05, 4.69) is 5.43 Å². The van der Waals surface area contributed by atoms with Gasteiger partial charge in [0.15, 0.2) is 4.32 Å². The Morgan fingerprint density at radius 1 is 1.19 bits per heavy atom. The van der Waals surface area contributed by atoms with Crippen molar-refractivity contribution < 1.29 is 18.9 Å². The minimum Gasteiger partial charge on any atom is -0.456 e. The highest BCUT2D eigenvalue weighted by Crippen LogP contribution is 2.60. The molecule has 2 heterocycles. The maximum Gasteiger partial charge on any atom is 0.285 e. The van der Waals surface area contributed by atoms with Crippen LogP contribution in [-0.4, -0.2) is 26.1 Å². The summed E-state index contributed by atoms with van der Waals surface area (Å²) in [4.78, 5) is 37.9. The zero-order valence-corrected chi connectivity index (χ0v) is 21.3. The number of thioether (sulfide) groups is 1. The van der Waals surface area contributed by atoms with Crippen molar-refractivity contribution in [3.8, 4) is 11.3 Å². The van der Waals surface area contributed by atoms with Crippen molar-refractivity contribution in [3.63, 3.8) is 0 Å².